The standard InChI is InChI=1S/C14H12N4OS2/c1-20-13-9-4-2-3-5-10(9)17-12(13)14(19)18-16-8-11-15-6-7-21-11/h2-8,17H,1H3,(H,18,19)/b16-8+. The number of aromatic nitrogens is 2. The molecule has 3 rings (SSSR count). The van der Waals surface area contributed by atoms with Gasteiger partial charge in [0, 0.05) is 27.4 Å². The minimum atomic E-state index is -0.261. The normalized spacial score (nSPS) is 11.3. The predicted molar refractivity (Wildman–Crippen MR) is 87.3 cm³/mol. The van der Waals surface area contributed by atoms with Crippen LogP contribution in [0.1, 0.15) is 15.5 Å². The van der Waals surface area contributed by atoms with Gasteiger partial charge >= 0.3 is 0 Å². The van der Waals surface area contributed by atoms with E-state index in [-0.39, 0.29) is 5.91 Å². The quantitative estimate of drug-likeness (QED) is 0.441. The van der Waals surface area contributed by atoms with Crippen LogP contribution in [0.15, 0.2) is 45.8 Å². The summed E-state index contributed by atoms with van der Waals surface area (Å²) in [5.41, 5.74) is 3.99. The van der Waals surface area contributed by atoms with Crippen molar-refractivity contribution in [3.8, 4) is 0 Å². The number of fused-ring (bicyclic) bond motifs is 1. The third-order valence-electron chi connectivity index (χ3n) is 2.88. The van der Waals surface area contributed by atoms with Crippen LogP contribution in [0, 0.1) is 0 Å². The zero-order valence-corrected chi connectivity index (χ0v) is 12.8. The van der Waals surface area contributed by atoms with E-state index >= 15 is 0 Å². The summed E-state index contributed by atoms with van der Waals surface area (Å²) in [5, 5.41) is 7.57. The Labute approximate surface area is 129 Å². The Morgan fingerprint density at radius 3 is 3.10 bits per heavy atom. The zero-order chi connectivity index (χ0) is 14.7. The Morgan fingerprint density at radius 1 is 1.48 bits per heavy atom. The van der Waals surface area contributed by atoms with E-state index in [1.165, 1.54) is 29.3 Å². The molecule has 0 aliphatic carbocycles. The minimum Gasteiger partial charge on any atom is -0.350 e. The average molecular weight is 316 g/mol. The van der Waals surface area contributed by atoms with Crippen LogP contribution in [0.5, 0.6) is 0 Å². The van der Waals surface area contributed by atoms with Crippen LogP contribution in [0.2, 0.25) is 0 Å². The first-order valence-corrected chi connectivity index (χ1v) is 8.27. The molecule has 0 unspecified atom stereocenters. The van der Waals surface area contributed by atoms with Crippen LogP contribution in [0.25, 0.3) is 10.9 Å². The minimum absolute atomic E-state index is 0.261. The number of benzene rings is 1. The fourth-order valence-corrected chi connectivity index (χ4v) is 3.23. The summed E-state index contributed by atoms with van der Waals surface area (Å²) in [6.07, 6.45) is 5.17. The molecule has 2 heterocycles. The molecule has 7 heteroatoms. The Hall–Kier alpha value is -2.12. The number of thioether (sulfide) groups is 1. The number of amides is 1. The van der Waals surface area contributed by atoms with E-state index in [2.05, 4.69) is 20.5 Å². The topological polar surface area (TPSA) is 70.1 Å². The summed E-state index contributed by atoms with van der Waals surface area (Å²) in [6, 6.07) is 7.83. The van der Waals surface area contributed by atoms with Gasteiger partial charge in [-0.15, -0.1) is 23.1 Å². The molecule has 0 aliphatic heterocycles. The molecule has 0 aliphatic rings. The van der Waals surface area contributed by atoms with Gasteiger partial charge in [-0.3, -0.25) is 4.79 Å². The third-order valence-corrected chi connectivity index (χ3v) is 4.42. The number of hydrazone groups is 1. The number of H-pyrrole nitrogens is 1. The van der Waals surface area contributed by atoms with Gasteiger partial charge in [0.1, 0.15) is 10.7 Å². The largest absolute Gasteiger partial charge is 0.350 e. The number of thiazole rings is 1. The second-order valence-corrected chi connectivity index (χ2v) is 5.89. The molecule has 1 amide bonds. The van der Waals surface area contributed by atoms with Gasteiger partial charge < -0.3 is 4.98 Å². The van der Waals surface area contributed by atoms with E-state index in [9.17, 15) is 4.79 Å². The van der Waals surface area contributed by atoms with E-state index in [0.717, 1.165) is 20.8 Å². The zero-order valence-electron chi connectivity index (χ0n) is 11.2. The Balaban J connectivity index is 1.84. The molecule has 0 radical (unpaired) electrons. The summed E-state index contributed by atoms with van der Waals surface area (Å²) in [4.78, 5) is 20.4. The molecule has 0 saturated heterocycles. The molecule has 0 fully saturated rings. The predicted octanol–water partition coefficient (Wildman–Crippen LogP) is 3.11. The van der Waals surface area contributed by atoms with E-state index in [4.69, 9.17) is 0 Å². The van der Waals surface area contributed by atoms with Gasteiger partial charge in [0.15, 0.2) is 0 Å². The first-order valence-electron chi connectivity index (χ1n) is 6.17. The number of nitrogens with one attached hydrogen (secondary N) is 2. The third kappa shape index (κ3) is 2.84. The van der Waals surface area contributed by atoms with Crippen molar-refractivity contribution in [1.29, 1.82) is 0 Å². The smallest absolute Gasteiger partial charge is 0.288 e. The van der Waals surface area contributed by atoms with Crippen molar-refractivity contribution in [3.05, 3.63) is 46.5 Å². The van der Waals surface area contributed by atoms with Gasteiger partial charge in [0.05, 0.1) is 6.21 Å². The van der Waals surface area contributed by atoms with Crippen molar-refractivity contribution in [2.24, 2.45) is 5.10 Å². The lowest BCUT2D eigenvalue weighted by Crippen LogP contribution is -2.18. The highest BCUT2D eigenvalue weighted by atomic mass is 32.2. The molecule has 0 saturated carbocycles. The summed E-state index contributed by atoms with van der Waals surface area (Å²) in [5.74, 6) is -0.261. The summed E-state index contributed by atoms with van der Waals surface area (Å²) in [6.45, 7) is 0. The number of hydrogen-bond donors (Lipinski definition) is 2. The van der Waals surface area contributed by atoms with E-state index < -0.39 is 0 Å². The monoisotopic (exact) mass is 316 g/mol. The van der Waals surface area contributed by atoms with Crippen molar-refractivity contribution in [3.63, 3.8) is 0 Å². The maximum Gasteiger partial charge on any atom is 0.288 e. The molecule has 5 nitrogen and oxygen atoms in total. The molecule has 1 aromatic carbocycles. The number of aromatic amines is 1. The molecule has 106 valence electrons. The van der Waals surface area contributed by atoms with Crippen molar-refractivity contribution >= 4 is 46.1 Å². The van der Waals surface area contributed by atoms with Gasteiger partial charge in [0.2, 0.25) is 0 Å². The van der Waals surface area contributed by atoms with Crippen LogP contribution in [0.4, 0.5) is 0 Å². The average Bonchev–Trinajstić information content (AvgIpc) is 3.13. The van der Waals surface area contributed by atoms with E-state index in [1.807, 2.05) is 35.9 Å². The van der Waals surface area contributed by atoms with Crippen molar-refractivity contribution < 1.29 is 4.79 Å². The Morgan fingerprint density at radius 2 is 2.33 bits per heavy atom. The first kappa shape index (κ1) is 13.8. The maximum atomic E-state index is 12.2. The second-order valence-electron chi connectivity index (χ2n) is 4.15. The second kappa shape index (κ2) is 6.11. The lowest BCUT2D eigenvalue weighted by Gasteiger charge is -1.99. The van der Waals surface area contributed by atoms with E-state index in [1.54, 1.807) is 6.20 Å². The van der Waals surface area contributed by atoms with Crippen LogP contribution in [-0.4, -0.2) is 28.3 Å². The molecule has 3 aromatic rings. The highest BCUT2D eigenvalue weighted by Gasteiger charge is 2.16. The number of rotatable bonds is 4. The van der Waals surface area contributed by atoms with Crippen molar-refractivity contribution in [2.45, 2.75) is 4.90 Å². The van der Waals surface area contributed by atoms with Crippen LogP contribution in [-0.2, 0) is 0 Å². The molecular formula is C14H12N4OS2. The molecule has 0 atom stereocenters. The lowest BCUT2D eigenvalue weighted by atomic mass is 10.2. The molecule has 0 bridgehead atoms. The molecule has 21 heavy (non-hydrogen) atoms. The van der Waals surface area contributed by atoms with Crippen LogP contribution >= 0.6 is 23.1 Å². The fraction of sp³-hybridized carbons (Fsp3) is 0.0714. The number of carbonyl (C=O) groups is 1. The van der Waals surface area contributed by atoms with Crippen LogP contribution < -0.4 is 5.43 Å². The molecule has 0 spiro atoms. The molecule has 2 N–H and O–H groups in total. The number of hydrogen-bond acceptors (Lipinski definition) is 5. The van der Waals surface area contributed by atoms with Crippen LogP contribution in [0.3, 0.4) is 0 Å². The highest BCUT2D eigenvalue weighted by molar-refractivity contribution is 7.99. The number of para-hydroxylation sites is 1. The highest BCUT2D eigenvalue weighted by Crippen LogP contribution is 2.30. The maximum absolute atomic E-state index is 12.2. The summed E-state index contributed by atoms with van der Waals surface area (Å²) < 4.78 is 0. The number of nitrogens with zero attached hydrogens (tertiary/aromatic N) is 2. The Kier molecular flexibility index (Phi) is 4.03. The van der Waals surface area contributed by atoms with Crippen molar-refractivity contribution in [2.75, 3.05) is 6.26 Å². The fourth-order valence-electron chi connectivity index (χ4n) is 1.99. The van der Waals surface area contributed by atoms with E-state index in [0.29, 0.717) is 5.69 Å². The van der Waals surface area contributed by atoms with Gasteiger partial charge in [-0.2, -0.15) is 5.10 Å². The van der Waals surface area contributed by atoms with Gasteiger partial charge in [-0.1, -0.05) is 18.2 Å². The lowest BCUT2D eigenvalue weighted by molar-refractivity contribution is 0.0948. The van der Waals surface area contributed by atoms with Gasteiger partial charge in [-0.05, 0) is 12.3 Å². The Bertz CT molecular complexity index is 793. The van der Waals surface area contributed by atoms with Gasteiger partial charge in [-0.25, -0.2) is 10.4 Å². The SMILES string of the molecule is CSc1c(C(=O)N/N=C/c2nccs2)[nH]c2ccccc12. The summed E-state index contributed by atoms with van der Waals surface area (Å²) in [7, 11) is 0. The molecule has 2 aromatic heterocycles. The number of carbonyl (C=O) groups excluding carboxylic acids is 1. The van der Waals surface area contributed by atoms with Crippen molar-refractivity contribution in [1.82, 2.24) is 15.4 Å². The van der Waals surface area contributed by atoms with Gasteiger partial charge in [0.25, 0.3) is 5.91 Å². The summed E-state index contributed by atoms with van der Waals surface area (Å²) >= 11 is 3.00. The molecular weight excluding hydrogens is 304 g/mol. The first-order chi connectivity index (χ1) is 10.3.